The van der Waals surface area contributed by atoms with Crippen LogP contribution < -0.4 is 0 Å². The van der Waals surface area contributed by atoms with Crippen molar-refractivity contribution in [3.8, 4) is 0 Å². The van der Waals surface area contributed by atoms with Gasteiger partial charge >= 0.3 is 0 Å². The summed E-state index contributed by atoms with van der Waals surface area (Å²) in [7, 11) is 0. The molecule has 2 rings (SSSR count). The highest BCUT2D eigenvalue weighted by Gasteiger charge is 2.10. The van der Waals surface area contributed by atoms with Gasteiger partial charge in [0.15, 0.2) is 9.54 Å². The molecular weight excluding hydrogens is 216 g/mol. The molecule has 0 aliphatic rings. The Morgan fingerprint density at radius 1 is 1.00 bits per heavy atom. The molecule has 0 spiro atoms. The minimum absolute atomic E-state index is 0.218. The van der Waals surface area contributed by atoms with Crippen LogP contribution in [0.1, 0.15) is 24.2 Å². The third-order valence-corrected chi connectivity index (χ3v) is 2.61. The molecular formula is C8H10N4S2. The summed E-state index contributed by atoms with van der Waals surface area (Å²) in [5.41, 5.74) is 2.08. The molecule has 6 heteroatoms. The zero-order valence-electron chi connectivity index (χ0n) is 7.55. The number of hydrogen-bond donors (Lipinski definition) is 4. The average molecular weight is 226 g/mol. The monoisotopic (exact) mass is 226 g/mol. The van der Waals surface area contributed by atoms with E-state index in [1.807, 2.05) is 12.4 Å². The fraction of sp³-hybridized carbons (Fsp3) is 0.250. The SMILES string of the molecule is CC(c1c[nH]c(=S)[nH]1)c1c[nH]c(=S)[nH]1. The normalized spacial score (nSPS) is 11.0. The zero-order valence-corrected chi connectivity index (χ0v) is 9.18. The third-order valence-electron chi connectivity index (χ3n) is 2.17. The van der Waals surface area contributed by atoms with Gasteiger partial charge in [0.2, 0.25) is 0 Å². The maximum absolute atomic E-state index is 4.96. The molecule has 2 aromatic rings. The standard InChI is InChI=1S/C8H10N4S2/c1-4(5-2-9-7(13)11-5)6-3-10-8(14)12-6/h2-4H,1H3,(H2,9,11,13)(H2,10,12,14). The molecule has 74 valence electrons. The van der Waals surface area contributed by atoms with E-state index in [0.717, 1.165) is 11.4 Å². The topological polar surface area (TPSA) is 63.2 Å². The Morgan fingerprint density at radius 3 is 1.71 bits per heavy atom. The van der Waals surface area contributed by atoms with E-state index < -0.39 is 0 Å². The Morgan fingerprint density at radius 2 is 1.43 bits per heavy atom. The molecule has 0 unspecified atom stereocenters. The van der Waals surface area contributed by atoms with Gasteiger partial charge in [-0.25, -0.2) is 0 Å². The van der Waals surface area contributed by atoms with Crippen molar-refractivity contribution < 1.29 is 0 Å². The summed E-state index contributed by atoms with van der Waals surface area (Å²) >= 11 is 9.92. The van der Waals surface area contributed by atoms with Crippen LogP contribution in [-0.2, 0) is 0 Å². The number of rotatable bonds is 2. The molecule has 0 atom stereocenters. The molecule has 0 aliphatic heterocycles. The summed E-state index contributed by atoms with van der Waals surface area (Å²) in [6, 6.07) is 0. The van der Waals surface area contributed by atoms with Crippen LogP contribution in [0.2, 0.25) is 0 Å². The van der Waals surface area contributed by atoms with E-state index in [9.17, 15) is 0 Å². The average Bonchev–Trinajstić information content (AvgIpc) is 2.73. The molecule has 14 heavy (non-hydrogen) atoms. The molecule has 0 bridgehead atoms. The number of aromatic nitrogens is 4. The molecule has 4 nitrogen and oxygen atoms in total. The van der Waals surface area contributed by atoms with Gasteiger partial charge in [-0.05, 0) is 24.4 Å². The summed E-state index contributed by atoms with van der Waals surface area (Å²) in [5.74, 6) is 0.218. The van der Waals surface area contributed by atoms with E-state index in [-0.39, 0.29) is 5.92 Å². The number of imidazole rings is 2. The highest BCUT2D eigenvalue weighted by Crippen LogP contribution is 2.19. The first-order chi connectivity index (χ1) is 6.66. The van der Waals surface area contributed by atoms with Crippen molar-refractivity contribution in [2.45, 2.75) is 12.8 Å². The van der Waals surface area contributed by atoms with Crippen molar-refractivity contribution >= 4 is 24.4 Å². The molecule has 0 fully saturated rings. The lowest BCUT2D eigenvalue weighted by Gasteiger charge is -2.04. The van der Waals surface area contributed by atoms with Crippen LogP contribution in [0.3, 0.4) is 0 Å². The van der Waals surface area contributed by atoms with Crippen LogP contribution in [0.5, 0.6) is 0 Å². The van der Waals surface area contributed by atoms with E-state index in [0.29, 0.717) is 9.54 Å². The molecule has 0 aliphatic carbocycles. The van der Waals surface area contributed by atoms with Gasteiger partial charge in [0, 0.05) is 29.7 Å². The lowest BCUT2D eigenvalue weighted by atomic mass is 10.1. The number of aromatic amines is 4. The second-order valence-electron chi connectivity index (χ2n) is 3.12. The first-order valence-electron chi connectivity index (χ1n) is 4.22. The Labute approximate surface area is 90.8 Å². The largest absolute Gasteiger partial charge is 0.337 e. The summed E-state index contributed by atoms with van der Waals surface area (Å²) < 4.78 is 1.28. The van der Waals surface area contributed by atoms with Crippen molar-refractivity contribution in [1.82, 2.24) is 19.9 Å². The molecule has 2 heterocycles. The lowest BCUT2D eigenvalue weighted by Crippen LogP contribution is -1.96. The zero-order chi connectivity index (χ0) is 10.1. The van der Waals surface area contributed by atoms with Gasteiger partial charge in [-0.1, -0.05) is 6.92 Å². The van der Waals surface area contributed by atoms with Crippen LogP contribution >= 0.6 is 24.4 Å². The summed E-state index contributed by atoms with van der Waals surface area (Å²) in [6.07, 6.45) is 3.74. The second kappa shape index (κ2) is 3.55. The number of H-pyrrole nitrogens is 4. The number of hydrogen-bond acceptors (Lipinski definition) is 2. The molecule has 0 amide bonds. The highest BCUT2D eigenvalue weighted by atomic mass is 32.1. The van der Waals surface area contributed by atoms with Crippen molar-refractivity contribution in [1.29, 1.82) is 0 Å². The Balaban J connectivity index is 2.37. The van der Waals surface area contributed by atoms with E-state index in [4.69, 9.17) is 24.4 Å². The van der Waals surface area contributed by atoms with Gasteiger partial charge in [-0.2, -0.15) is 0 Å². The van der Waals surface area contributed by atoms with Gasteiger partial charge in [0.05, 0.1) is 0 Å². The van der Waals surface area contributed by atoms with Crippen LogP contribution in [0, 0.1) is 9.54 Å². The Kier molecular flexibility index (Phi) is 2.39. The second-order valence-corrected chi connectivity index (χ2v) is 3.93. The van der Waals surface area contributed by atoms with Gasteiger partial charge < -0.3 is 19.9 Å². The van der Waals surface area contributed by atoms with E-state index >= 15 is 0 Å². The van der Waals surface area contributed by atoms with Gasteiger partial charge in [0.1, 0.15) is 0 Å². The first-order valence-corrected chi connectivity index (χ1v) is 5.03. The van der Waals surface area contributed by atoms with Crippen LogP contribution in [-0.4, -0.2) is 19.9 Å². The summed E-state index contributed by atoms with van der Waals surface area (Å²) in [4.78, 5) is 12.0. The predicted molar refractivity (Wildman–Crippen MR) is 59.5 cm³/mol. The van der Waals surface area contributed by atoms with E-state index in [2.05, 4.69) is 26.9 Å². The van der Waals surface area contributed by atoms with Crippen molar-refractivity contribution in [2.24, 2.45) is 0 Å². The van der Waals surface area contributed by atoms with Gasteiger partial charge in [0.25, 0.3) is 0 Å². The maximum Gasteiger partial charge on any atom is 0.174 e. The maximum atomic E-state index is 4.96. The van der Waals surface area contributed by atoms with Crippen LogP contribution in [0.15, 0.2) is 12.4 Å². The molecule has 0 radical (unpaired) electrons. The Bertz CT molecular complexity index is 481. The lowest BCUT2D eigenvalue weighted by molar-refractivity contribution is 0.848. The van der Waals surface area contributed by atoms with Crippen molar-refractivity contribution in [2.75, 3.05) is 0 Å². The molecule has 2 aromatic heterocycles. The predicted octanol–water partition coefficient (Wildman–Crippen LogP) is 2.61. The Hall–Kier alpha value is -1.14. The van der Waals surface area contributed by atoms with Crippen molar-refractivity contribution in [3.05, 3.63) is 33.3 Å². The van der Waals surface area contributed by atoms with Gasteiger partial charge in [-0.15, -0.1) is 0 Å². The highest BCUT2D eigenvalue weighted by molar-refractivity contribution is 7.71. The minimum Gasteiger partial charge on any atom is -0.337 e. The van der Waals surface area contributed by atoms with Crippen LogP contribution in [0.4, 0.5) is 0 Å². The summed E-state index contributed by atoms with van der Waals surface area (Å²) in [6.45, 7) is 2.07. The van der Waals surface area contributed by atoms with E-state index in [1.165, 1.54) is 0 Å². The smallest absolute Gasteiger partial charge is 0.174 e. The fourth-order valence-electron chi connectivity index (χ4n) is 1.33. The fourth-order valence-corrected chi connectivity index (χ4v) is 1.68. The quantitative estimate of drug-likeness (QED) is 0.595. The van der Waals surface area contributed by atoms with Crippen LogP contribution in [0.25, 0.3) is 0 Å². The molecule has 0 aromatic carbocycles. The number of nitrogens with one attached hydrogen (secondary N) is 4. The van der Waals surface area contributed by atoms with E-state index in [1.54, 1.807) is 0 Å². The van der Waals surface area contributed by atoms with Gasteiger partial charge in [-0.3, -0.25) is 0 Å². The molecule has 0 saturated carbocycles. The first kappa shape index (κ1) is 9.42. The molecule has 0 saturated heterocycles. The van der Waals surface area contributed by atoms with Crippen molar-refractivity contribution in [3.63, 3.8) is 0 Å². The molecule has 4 N–H and O–H groups in total. The minimum atomic E-state index is 0.218. The summed E-state index contributed by atoms with van der Waals surface area (Å²) in [5, 5.41) is 0. The third kappa shape index (κ3) is 1.71.